The van der Waals surface area contributed by atoms with Gasteiger partial charge in [0.2, 0.25) is 0 Å². The van der Waals surface area contributed by atoms with E-state index in [4.69, 9.17) is 14.2 Å². The van der Waals surface area contributed by atoms with Crippen LogP contribution in [-0.4, -0.2) is 80.6 Å². The number of unbranched alkanes of at least 4 members (excludes halogenated alkanes) is 7. The SMILES string of the molecule is CC/C=C\C/C=C\C/C=C\C/C=C\C/C=C\CC(=O)OC(COCCC(C(=O)O)[N+](C)(C)C)COC(=O)CCCCCCC/C=C\CCCC. The molecule has 8 nitrogen and oxygen atoms in total. The van der Waals surface area contributed by atoms with Crippen LogP contribution >= 0.6 is 0 Å². The van der Waals surface area contributed by atoms with Gasteiger partial charge in [0.15, 0.2) is 12.1 Å². The minimum atomic E-state index is -0.894. The van der Waals surface area contributed by atoms with Crippen LogP contribution in [-0.2, 0) is 28.6 Å². The molecule has 0 aliphatic carbocycles. The van der Waals surface area contributed by atoms with Crippen molar-refractivity contribution in [1.29, 1.82) is 0 Å². The second-order valence-corrected chi connectivity index (χ2v) is 13.5. The van der Waals surface area contributed by atoms with Crippen molar-refractivity contribution in [2.24, 2.45) is 0 Å². The van der Waals surface area contributed by atoms with Crippen LogP contribution in [0.25, 0.3) is 0 Å². The van der Waals surface area contributed by atoms with Crippen LogP contribution < -0.4 is 0 Å². The first-order valence-corrected chi connectivity index (χ1v) is 19.0. The molecule has 50 heavy (non-hydrogen) atoms. The Hall–Kier alpha value is -3.23. The molecule has 0 aromatic heterocycles. The van der Waals surface area contributed by atoms with Crippen LogP contribution in [0.1, 0.15) is 123 Å². The maximum atomic E-state index is 12.6. The fourth-order valence-corrected chi connectivity index (χ4v) is 4.91. The highest BCUT2D eigenvalue weighted by Gasteiger charge is 2.31. The van der Waals surface area contributed by atoms with Crippen molar-refractivity contribution in [2.45, 2.75) is 135 Å². The van der Waals surface area contributed by atoms with Gasteiger partial charge in [0, 0.05) is 12.8 Å². The summed E-state index contributed by atoms with van der Waals surface area (Å²) in [7, 11) is 5.47. The van der Waals surface area contributed by atoms with Gasteiger partial charge in [0.05, 0.1) is 40.8 Å². The Labute approximate surface area is 304 Å². The van der Waals surface area contributed by atoms with E-state index in [0.29, 0.717) is 19.3 Å². The van der Waals surface area contributed by atoms with E-state index in [0.717, 1.165) is 64.2 Å². The fraction of sp³-hybridized carbons (Fsp3) is 0.643. The molecular formula is C42H70NO7+. The quantitative estimate of drug-likeness (QED) is 0.0323. The summed E-state index contributed by atoms with van der Waals surface area (Å²) in [6, 6.07) is -0.633. The molecule has 0 aromatic carbocycles. The first-order chi connectivity index (χ1) is 24.1. The lowest BCUT2D eigenvalue weighted by Gasteiger charge is -2.31. The zero-order valence-corrected chi connectivity index (χ0v) is 32.1. The monoisotopic (exact) mass is 701 g/mol. The number of carboxylic acids is 1. The number of rotatable bonds is 32. The fourth-order valence-electron chi connectivity index (χ4n) is 4.91. The molecule has 0 saturated carbocycles. The molecule has 0 aliphatic rings. The second kappa shape index (κ2) is 32.9. The maximum Gasteiger partial charge on any atom is 0.362 e. The van der Waals surface area contributed by atoms with Gasteiger partial charge in [-0.2, -0.15) is 0 Å². The molecule has 0 heterocycles. The molecular weight excluding hydrogens is 630 g/mol. The van der Waals surface area contributed by atoms with Crippen LogP contribution in [0.15, 0.2) is 72.9 Å². The summed E-state index contributed by atoms with van der Waals surface area (Å²) < 4.78 is 17.0. The van der Waals surface area contributed by atoms with Crippen LogP contribution in [0.4, 0.5) is 0 Å². The highest BCUT2D eigenvalue weighted by molar-refractivity contribution is 5.72. The van der Waals surface area contributed by atoms with Gasteiger partial charge < -0.3 is 23.8 Å². The number of allylic oxidation sites excluding steroid dienone is 11. The Morgan fingerprint density at radius 2 is 1.18 bits per heavy atom. The molecule has 284 valence electrons. The molecule has 0 saturated heterocycles. The number of likely N-dealkylation sites (N-methyl/N-ethyl adjacent to an activating group) is 1. The lowest BCUT2D eigenvalue weighted by atomic mass is 10.1. The third kappa shape index (κ3) is 30.8. The Balaban J connectivity index is 4.61. The van der Waals surface area contributed by atoms with Crippen LogP contribution in [0.2, 0.25) is 0 Å². The summed E-state index contributed by atoms with van der Waals surface area (Å²) in [6.45, 7) is 4.43. The summed E-state index contributed by atoms with van der Waals surface area (Å²) in [5.41, 5.74) is 0. The van der Waals surface area contributed by atoms with Gasteiger partial charge in [-0.1, -0.05) is 119 Å². The number of hydrogen-bond acceptors (Lipinski definition) is 6. The van der Waals surface area contributed by atoms with Crippen molar-refractivity contribution in [2.75, 3.05) is 41.0 Å². The van der Waals surface area contributed by atoms with Gasteiger partial charge in [-0.25, -0.2) is 4.79 Å². The van der Waals surface area contributed by atoms with E-state index in [1.54, 1.807) is 6.08 Å². The summed E-state index contributed by atoms with van der Waals surface area (Å²) in [5, 5.41) is 9.57. The molecule has 2 unspecified atom stereocenters. The summed E-state index contributed by atoms with van der Waals surface area (Å²) in [5.74, 6) is -1.65. The number of carbonyl (C=O) groups excluding carboxylic acids is 2. The van der Waals surface area contributed by atoms with E-state index < -0.39 is 24.1 Å². The number of ether oxygens (including phenoxy) is 3. The molecule has 0 fully saturated rings. The highest BCUT2D eigenvalue weighted by Crippen LogP contribution is 2.11. The normalized spacial score (nSPS) is 13.9. The first-order valence-electron chi connectivity index (χ1n) is 19.0. The number of aliphatic carboxylic acids is 1. The van der Waals surface area contributed by atoms with Crippen molar-refractivity contribution in [3.63, 3.8) is 0 Å². The Bertz CT molecular complexity index is 1050. The zero-order chi connectivity index (χ0) is 37.1. The minimum Gasteiger partial charge on any atom is -0.477 e. The van der Waals surface area contributed by atoms with Crippen molar-refractivity contribution < 1.29 is 38.2 Å². The van der Waals surface area contributed by atoms with E-state index >= 15 is 0 Å². The molecule has 0 aliphatic heterocycles. The van der Waals surface area contributed by atoms with E-state index in [1.807, 2.05) is 27.2 Å². The molecule has 0 rings (SSSR count). The van der Waals surface area contributed by atoms with Crippen molar-refractivity contribution in [3.05, 3.63) is 72.9 Å². The van der Waals surface area contributed by atoms with Gasteiger partial charge >= 0.3 is 17.9 Å². The van der Waals surface area contributed by atoms with E-state index in [2.05, 4.69) is 74.6 Å². The van der Waals surface area contributed by atoms with E-state index in [-0.39, 0.29) is 36.7 Å². The number of hydrogen-bond donors (Lipinski definition) is 1. The highest BCUT2D eigenvalue weighted by atomic mass is 16.6. The Morgan fingerprint density at radius 3 is 1.74 bits per heavy atom. The Morgan fingerprint density at radius 1 is 0.640 bits per heavy atom. The maximum absolute atomic E-state index is 12.6. The molecule has 1 N–H and O–H groups in total. The lowest BCUT2D eigenvalue weighted by molar-refractivity contribution is -0.887. The van der Waals surface area contributed by atoms with Crippen LogP contribution in [0.5, 0.6) is 0 Å². The van der Waals surface area contributed by atoms with Gasteiger partial charge in [-0.15, -0.1) is 0 Å². The average Bonchev–Trinajstić information content (AvgIpc) is 3.06. The van der Waals surface area contributed by atoms with Crippen LogP contribution in [0.3, 0.4) is 0 Å². The molecule has 2 atom stereocenters. The number of nitrogens with zero attached hydrogens (tertiary/aromatic N) is 1. The van der Waals surface area contributed by atoms with Crippen LogP contribution in [0, 0.1) is 0 Å². The van der Waals surface area contributed by atoms with Gasteiger partial charge in [0.25, 0.3) is 0 Å². The molecule has 8 heteroatoms. The number of quaternary nitrogens is 1. The number of carbonyl (C=O) groups is 3. The van der Waals surface area contributed by atoms with E-state index in [1.165, 1.54) is 19.3 Å². The third-order valence-electron chi connectivity index (χ3n) is 7.87. The topological polar surface area (TPSA) is 99.1 Å². The number of esters is 2. The molecule has 0 spiro atoms. The smallest absolute Gasteiger partial charge is 0.362 e. The second-order valence-electron chi connectivity index (χ2n) is 13.5. The molecule has 0 radical (unpaired) electrons. The predicted molar refractivity (Wildman–Crippen MR) is 206 cm³/mol. The standard InChI is InChI=1S/C42H69NO7/c1-6-8-10-12-14-16-18-19-20-21-23-25-27-29-31-33-41(45)50-38(36-48-35-34-39(42(46)47)43(3,4)5)37-49-40(44)32-30-28-26-24-22-17-15-13-11-9-7-2/h8,10,13-16,19-20,23,25,29,31,38-39H,6-7,9,11-12,17-18,21-22,24,26-28,30,32-37H2,1-5H3/p+1/b10-8-,15-13-,16-14-,20-19-,25-23-,31-29-. The summed E-state index contributed by atoms with van der Waals surface area (Å²) in [4.78, 5) is 36.7. The summed E-state index contributed by atoms with van der Waals surface area (Å²) in [6.07, 6.45) is 39.8. The third-order valence-corrected chi connectivity index (χ3v) is 7.87. The van der Waals surface area contributed by atoms with Crippen molar-refractivity contribution in [3.8, 4) is 0 Å². The Kier molecular flexibility index (Phi) is 30.8. The molecule has 0 aromatic rings. The van der Waals surface area contributed by atoms with Crippen molar-refractivity contribution >= 4 is 17.9 Å². The number of carboxylic acid groups (broad SMARTS) is 1. The minimum absolute atomic E-state index is 0.0149. The zero-order valence-electron chi connectivity index (χ0n) is 32.1. The molecule has 0 amide bonds. The van der Waals surface area contributed by atoms with Gasteiger partial charge in [-0.3, -0.25) is 9.59 Å². The largest absolute Gasteiger partial charge is 0.477 e. The molecule has 0 bridgehead atoms. The van der Waals surface area contributed by atoms with Gasteiger partial charge in [-0.05, 0) is 57.8 Å². The predicted octanol–water partition coefficient (Wildman–Crippen LogP) is 9.63. The lowest BCUT2D eigenvalue weighted by Crippen LogP contribution is -2.50. The summed E-state index contributed by atoms with van der Waals surface area (Å²) >= 11 is 0. The van der Waals surface area contributed by atoms with E-state index in [9.17, 15) is 19.5 Å². The van der Waals surface area contributed by atoms with Gasteiger partial charge in [0.1, 0.15) is 6.61 Å². The average molecular weight is 701 g/mol. The first kappa shape index (κ1) is 46.8. The van der Waals surface area contributed by atoms with Crippen molar-refractivity contribution in [1.82, 2.24) is 0 Å².